The number of methoxy groups -OCH3 is 1. The van der Waals surface area contributed by atoms with Gasteiger partial charge in [0.2, 0.25) is 11.7 Å². The zero-order valence-electron chi connectivity index (χ0n) is 17.2. The Morgan fingerprint density at radius 3 is 2.52 bits per heavy atom. The van der Waals surface area contributed by atoms with Crippen LogP contribution in [0.5, 0.6) is 5.75 Å². The molecule has 9 heteroatoms. The van der Waals surface area contributed by atoms with Crippen molar-refractivity contribution in [2.45, 2.75) is 32.5 Å². The van der Waals surface area contributed by atoms with Gasteiger partial charge >= 0.3 is 6.18 Å². The Morgan fingerprint density at radius 2 is 1.90 bits per heavy atom. The van der Waals surface area contributed by atoms with E-state index in [1.165, 1.54) is 0 Å². The zero-order valence-corrected chi connectivity index (χ0v) is 17.2. The number of ether oxygens (including phenoxy) is 1. The van der Waals surface area contributed by atoms with E-state index in [2.05, 4.69) is 15.5 Å². The largest absolute Gasteiger partial charge is 0.497 e. The number of amides is 1. The van der Waals surface area contributed by atoms with Crippen molar-refractivity contribution in [3.63, 3.8) is 0 Å². The average molecular weight is 433 g/mol. The van der Waals surface area contributed by atoms with Crippen molar-refractivity contribution in [1.82, 2.24) is 15.5 Å². The van der Waals surface area contributed by atoms with Crippen LogP contribution < -0.4 is 10.1 Å². The molecular formula is C22H22F3N3O3. The Bertz CT molecular complexity index is 1030. The van der Waals surface area contributed by atoms with Gasteiger partial charge in [0.25, 0.3) is 5.91 Å². The number of alkyl halides is 3. The second-order valence-electron chi connectivity index (χ2n) is 7.10. The smallest absolute Gasteiger partial charge is 0.416 e. The van der Waals surface area contributed by atoms with Gasteiger partial charge in [0.15, 0.2) is 0 Å². The Hall–Kier alpha value is -3.36. The zero-order chi connectivity index (χ0) is 22.6. The van der Waals surface area contributed by atoms with Crippen LogP contribution in [0.15, 0.2) is 53.1 Å². The summed E-state index contributed by atoms with van der Waals surface area (Å²) in [6.07, 6.45) is -3.76. The first-order valence-corrected chi connectivity index (χ1v) is 9.69. The van der Waals surface area contributed by atoms with E-state index in [0.29, 0.717) is 23.6 Å². The molecule has 0 spiro atoms. The molecule has 0 saturated heterocycles. The van der Waals surface area contributed by atoms with E-state index in [1.54, 1.807) is 31.4 Å². The fourth-order valence-corrected chi connectivity index (χ4v) is 2.96. The number of benzene rings is 2. The first-order valence-electron chi connectivity index (χ1n) is 9.69. The van der Waals surface area contributed by atoms with Gasteiger partial charge in [-0.3, -0.25) is 4.79 Å². The molecule has 3 aromatic rings. The molecule has 2 unspecified atom stereocenters. The Kier molecular flexibility index (Phi) is 6.62. The lowest BCUT2D eigenvalue weighted by molar-refractivity contribution is -0.137. The van der Waals surface area contributed by atoms with Gasteiger partial charge in [0.05, 0.1) is 12.7 Å². The van der Waals surface area contributed by atoms with Crippen LogP contribution in [0.1, 0.15) is 48.1 Å². The summed E-state index contributed by atoms with van der Waals surface area (Å²) in [7, 11) is 1.55. The minimum atomic E-state index is -4.46. The number of carbonyl (C=O) groups excluding carboxylic acids is 1. The first kappa shape index (κ1) is 22.3. The number of aromatic nitrogens is 2. The van der Waals surface area contributed by atoms with E-state index >= 15 is 0 Å². The molecule has 6 nitrogen and oxygen atoms in total. The maximum atomic E-state index is 12.8. The monoisotopic (exact) mass is 433 g/mol. The maximum Gasteiger partial charge on any atom is 0.416 e. The second kappa shape index (κ2) is 9.20. The van der Waals surface area contributed by atoms with Crippen molar-refractivity contribution in [2.75, 3.05) is 7.11 Å². The van der Waals surface area contributed by atoms with E-state index in [1.807, 2.05) is 13.8 Å². The summed E-state index contributed by atoms with van der Waals surface area (Å²) < 4.78 is 48.9. The van der Waals surface area contributed by atoms with Crippen molar-refractivity contribution in [3.05, 3.63) is 65.5 Å². The lowest BCUT2D eigenvalue weighted by atomic mass is 9.98. The van der Waals surface area contributed by atoms with Crippen LogP contribution in [0.2, 0.25) is 0 Å². The van der Waals surface area contributed by atoms with Gasteiger partial charge < -0.3 is 14.6 Å². The molecule has 0 radical (unpaired) electrons. The van der Waals surface area contributed by atoms with Gasteiger partial charge in [-0.15, -0.1) is 0 Å². The molecule has 0 aliphatic rings. The van der Waals surface area contributed by atoms with Gasteiger partial charge in [0, 0.05) is 11.1 Å². The SMILES string of the molecule is CCC(C)C(NC(=O)c1ccc(C(F)(F)F)cc1)c1nc(-c2cccc(OC)c2)no1. The predicted molar refractivity (Wildman–Crippen MR) is 107 cm³/mol. The summed E-state index contributed by atoms with van der Waals surface area (Å²) >= 11 is 0. The van der Waals surface area contributed by atoms with Crippen molar-refractivity contribution < 1.29 is 27.2 Å². The van der Waals surface area contributed by atoms with Gasteiger partial charge in [-0.1, -0.05) is 37.6 Å². The summed E-state index contributed by atoms with van der Waals surface area (Å²) in [5, 5.41) is 6.80. The highest BCUT2D eigenvalue weighted by atomic mass is 19.4. The summed E-state index contributed by atoms with van der Waals surface area (Å²) in [4.78, 5) is 17.1. The molecule has 1 aromatic heterocycles. The molecule has 31 heavy (non-hydrogen) atoms. The van der Waals surface area contributed by atoms with Gasteiger partial charge in [-0.05, 0) is 42.3 Å². The molecule has 3 rings (SSSR count). The minimum absolute atomic E-state index is 0.0583. The summed E-state index contributed by atoms with van der Waals surface area (Å²) in [5.74, 6) is 0.605. The molecule has 2 atom stereocenters. The minimum Gasteiger partial charge on any atom is -0.497 e. The predicted octanol–water partition coefficient (Wildman–Crippen LogP) is 5.28. The van der Waals surface area contributed by atoms with Crippen LogP contribution >= 0.6 is 0 Å². The van der Waals surface area contributed by atoms with Crippen LogP contribution in [0, 0.1) is 5.92 Å². The fraction of sp³-hybridized carbons (Fsp3) is 0.318. The lowest BCUT2D eigenvalue weighted by Gasteiger charge is -2.21. The third kappa shape index (κ3) is 5.22. The molecule has 2 aromatic carbocycles. The van der Waals surface area contributed by atoms with Crippen LogP contribution in [0.25, 0.3) is 11.4 Å². The number of nitrogens with one attached hydrogen (secondary N) is 1. The van der Waals surface area contributed by atoms with Crippen molar-refractivity contribution >= 4 is 5.91 Å². The molecule has 1 heterocycles. The third-order valence-electron chi connectivity index (χ3n) is 5.01. The highest BCUT2D eigenvalue weighted by molar-refractivity contribution is 5.94. The topological polar surface area (TPSA) is 77.2 Å². The molecule has 1 N–H and O–H groups in total. The summed E-state index contributed by atoms with van der Waals surface area (Å²) in [5.41, 5.74) is -0.0255. The molecular weight excluding hydrogens is 411 g/mol. The average Bonchev–Trinajstić information content (AvgIpc) is 3.26. The standard InChI is InChI=1S/C22H22F3N3O3/c1-4-13(2)18(26-20(29)14-8-10-16(11-9-14)22(23,24)25)21-27-19(28-31-21)15-6-5-7-17(12-15)30-3/h5-13,18H,4H2,1-3H3,(H,26,29). The molecule has 164 valence electrons. The Labute approximate surface area is 177 Å². The van der Waals surface area contributed by atoms with Crippen molar-refractivity contribution in [1.29, 1.82) is 0 Å². The van der Waals surface area contributed by atoms with Crippen LogP contribution in [-0.4, -0.2) is 23.2 Å². The summed E-state index contributed by atoms with van der Waals surface area (Å²) in [6, 6.07) is 10.6. The number of halogens is 3. The van der Waals surface area contributed by atoms with E-state index in [9.17, 15) is 18.0 Å². The fourth-order valence-electron chi connectivity index (χ4n) is 2.96. The van der Waals surface area contributed by atoms with E-state index in [4.69, 9.17) is 9.26 Å². The van der Waals surface area contributed by atoms with E-state index in [0.717, 1.165) is 24.3 Å². The van der Waals surface area contributed by atoms with Crippen molar-refractivity contribution in [2.24, 2.45) is 5.92 Å². The van der Waals surface area contributed by atoms with Gasteiger partial charge in [-0.2, -0.15) is 18.2 Å². The van der Waals surface area contributed by atoms with Crippen LogP contribution in [0.4, 0.5) is 13.2 Å². The summed E-state index contributed by atoms with van der Waals surface area (Å²) in [6.45, 7) is 3.86. The second-order valence-corrected chi connectivity index (χ2v) is 7.10. The van der Waals surface area contributed by atoms with Crippen LogP contribution in [0.3, 0.4) is 0 Å². The number of rotatable bonds is 7. The number of hydrogen-bond acceptors (Lipinski definition) is 5. The number of nitrogens with zero attached hydrogens (tertiary/aromatic N) is 2. The maximum absolute atomic E-state index is 12.8. The normalized spacial score (nSPS) is 13.5. The van der Waals surface area contributed by atoms with Gasteiger partial charge in [-0.25, -0.2) is 0 Å². The highest BCUT2D eigenvalue weighted by Crippen LogP contribution is 2.30. The number of carbonyl (C=O) groups is 1. The first-order chi connectivity index (χ1) is 14.7. The van der Waals surface area contributed by atoms with E-state index < -0.39 is 23.7 Å². The van der Waals surface area contributed by atoms with E-state index in [-0.39, 0.29) is 17.4 Å². The van der Waals surface area contributed by atoms with Crippen molar-refractivity contribution in [3.8, 4) is 17.1 Å². The molecule has 1 amide bonds. The quantitative estimate of drug-likeness (QED) is 0.549. The van der Waals surface area contributed by atoms with Crippen LogP contribution in [-0.2, 0) is 6.18 Å². The lowest BCUT2D eigenvalue weighted by Crippen LogP contribution is -2.32. The molecule has 0 bridgehead atoms. The molecule has 0 fully saturated rings. The Balaban J connectivity index is 1.82. The molecule has 0 saturated carbocycles. The highest BCUT2D eigenvalue weighted by Gasteiger charge is 2.31. The molecule has 0 aliphatic heterocycles. The van der Waals surface area contributed by atoms with Gasteiger partial charge in [0.1, 0.15) is 11.8 Å². The Morgan fingerprint density at radius 1 is 1.19 bits per heavy atom. The molecule has 0 aliphatic carbocycles. The third-order valence-corrected chi connectivity index (χ3v) is 5.01. The number of hydrogen-bond donors (Lipinski definition) is 1.